The van der Waals surface area contributed by atoms with E-state index in [1.807, 2.05) is 44.2 Å². The van der Waals surface area contributed by atoms with E-state index >= 15 is 0 Å². The summed E-state index contributed by atoms with van der Waals surface area (Å²) in [6, 6.07) is 9.47. The van der Waals surface area contributed by atoms with Gasteiger partial charge in [-0.15, -0.1) is 0 Å². The van der Waals surface area contributed by atoms with Gasteiger partial charge in [0.25, 0.3) is 0 Å². The highest BCUT2D eigenvalue weighted by atomic mass is 16.7. The van der Waals surface area contributed by atoms with Crippen molar-refractivity contribution in [3.05, 3.63) is 53.3 Å². The Hall–Kier alpha value is -2.56. The fourth-order valence-electron chi connectivity index (χ4n) is 2.62. The number of hydrogen-bond acceptors (Lipinski definition) is 4. The Kier molecular flexibility index (Phi) is 4.46. The summed E-state index contributed by atoms with van der Waals surface area (Å²) in [6.07, 6.45) is 2.87. The van der Waals surface area contributed by atoms with Gasteiger partial charge in [0.15, 0.2) is 11.5 Å². The standard InChI is InChI=1S/C18H20N2O3/c1-3-14(15-8-12(2)6-7-19-15)20-18(21)10-13-4-5-16-17(9-13)23-11-22-16/h4-9,14H,3,10-11H2,1-2H3,(H,20,21)/t14-/m0/s1. The Morgan fingerprint density at radius 2 is 2.09 bits per heavy atom. The summed E-state index contributed by atoms with van der Waals surface area (Å²) < 4.78 is 10.6. The van der Waals surface area contributed by atoms with Gasteiger partial charge in [-0.1, -0.05) is 13.0 Å². The first-order valence-corrected chi connectivity index (χ1v) is 7.76. The summed E-state index contributed by atoms with van der Waals surface area (Å²) in [6.45, 7) is 4.30. The molecule has 0 radical (unpaired) electrons. The smallest absolute Gasteiger partial charge is 0.231 e. The number of carbonyl (C=O) groups is 1. The second kappa shape index (κ2) is 6.69. The predicted molar refractivity (Wildman–Crippen MR) is 86.4 cm³/mol. The van der Waals surface area contributed by atoms with Gasteiger partial charge in [0.1, 0.15) is 0 Å². The van der Waals surface area contributed by atoms with Gasteiger partial charge in [-0.25, -0.2) is 0 Å². The molecule has 23 heavy (non-hydrogen) atoms. The topological polar surface area (TPSA) is 60.5 Å². The zero-order chi connectivity index (χ0) is 16.2. The lowest BCUT2D eigenvalue weighted by Crippen LogP contribution is -2.30. The van der Waals surface area contributed by atoms with Crippen LogP contribution in [0.15, 0.2) is 36.5 Å². The molecule has 120 valence electrons. The molecule has 5 nitrogen and oxygen atoms in total. The lowest BCUT2D eigenvalue weighted by molar-refractivity contribution is -0.121. The van der Waals surface area contributed by atoms with Crippen molar-refractivity contribution in [2.24, 2.45) is 0 Å². The van der Waals surface area contributed by atoms with Crippen molar-refractivity contribution in [2.45, 2.75) is 32.7 Å². The molecule has 0 saturated carbocycles. The van der Waals surface area contributed by atoms with E-state index in [0.29, 0.717) is 12.2 Å². The van der Waals surface area contributed by atoms with E-state index in [0.717, 1.165) is 29.0 Å². The van der Waals surface area contributed by atoms with E-state index < -0.39 is 0 Å². The quantitative estimate of drug-likeness (QED) is 0.922. The summed E-state index contributed by atoms with van der Waals surface area (Å²) >= 11 is 0. The van der Waals surface area contributed by atoms with Crippen LogP contribution in [0.2, 0.25) is 0 Å². The molecule has 1 aromatic carbocycles. The first-order valence-electron chi connectivity index (χ1n) is 7.76. The molecule has 0 fully saturated rings. The van der Waals surface area contributed by atoms with Crippen LogP contribution < -0.4 is 14.8 Å². The van der Waals surface area contributed by atoms with E-state index in [2.05, 4.69) is 10.3 Å². The number of amides is 1. The van der Waals surface area contributed by atoms with E-state index in [-0.39, 0.29) is 18.7 Å². The lowest BCUT2D eigenvalue weighted by atomic mass is 10.1. The number of benzene rings is 1. The van der Waals surface area contributed by atoms with Crippen LogP contribution in [0, 0.1) is 6.92 Å². The Labute approximate surface area is 135 Å². The molecule has 0 spiro atoms. The van der Waals surface area contributed by atoms with Gasteiger partial charge < -0.3 is 14.8 Å². The first-order chi connectivity index (χ1) is 11.2. The first kappa shape index (κ1) is 15.3. The SMILES string of the molecule is CC[C@H](NC(=O)Cc1ccc2c(c1)OCO2)c1cc(C)ccn1. The molecule has 2 heterocycles. The minimum Gasteiger partial charge on any atom is -0.454 e. The summed E-state index contributed by atoms with van der Waals surface area (Å²) in [7, 11) is 0. The van der Waals surface area contributed by atoms with E-state index in [1.165, 1.54) is 0 Å². The molecule has 1 aromatic heterocycles. The molecule has 5 heteroatoms. The van der Waals surface area contributed by atoms with Gasteiger partial charge in [0.05, 0.1) is 18.2 Å². The average molecular weight is 312 g/mol. The molecular weight excluding hydrogens is 292 g/mol. The largest absolute Gasteiger partial charge is 0.454 e. The van der Waals surface area contributed by atoms with Crippen LogP contribution in [0.5, 0.6) is 11.5 Å². The molecule has 0 aliphatic carbocycles. The van der Waals surface area contributed by atoms with E-state index in [9.17, 15) is 4.79 Å². The number of rotatable bonds is 5. The monoisotopic (exact) mass is 312 g/mol. The van der Waals surface area contributed by atoms with Crippen molar-refractivity contribution in [1.82, 2.24) is 10.3 Å². The van der Waals surface area contributed by atoms with Crippen LogP contribution in [0.3, 0.4) is 0 Å². The van der Waals surface area contributed by atoms with Gasteiger partial charge in [-0.2, -0.15) is 0 Å². The summed E-state index contributed by atoms with van der Waals surface area (Å²) in [4.78, 5) is 16.7. The van der Waals surface area contributed by atoms with Crippen molar-refractivity contribution in [3.8, 4) is 11.5 Å². The van der Waals surface area contributed by atoms with Crippen LogP contribution in [0.1, 0.15) is 36.2 Å². The molecule has 1 atom stereocenters. The molecule has 1 aliphatic rings. The molecular formula is C18H20N2O3. The maximum atomic E-state index is 12.3. The third-order valence-corrected chi connectivity index (χ3v) is 3.84. The van der Waals surface area contributed by atoms with Crippen molar-refractivity contribution in [3.63, 3.8) is 0 Å². The van der Waals surface area contributed by atoms with Gasteiger partial charge in [-0.05, 0) is 48.7 Å². The van der Waals surface area contributed by atoms with Crippen molar-refractivity contribution >= 4 is 5.91 Å². The molecule has 1 N–H and O–H groups in total. The number of nitrogens with zero attached hydrogens (tertiary/aromatic N) is 1. The van der Waals surface area contributed by atoms with Gasteiger partial charge >= 0.3 is 0 Å². The van der Waals surface area contributed by atoms with Crippen molar-refractivity contribution in [1.29, 1.82) is 0 Å². The zero-order valence-corrected chi connectivity index (χ0v) is 13.3. The summed E-state index contributed by atoms with van der Waals surface area (Å²) in [5, 5.41) is 3.05. The maximum absolute atomic E-state index is 12.3. The number of hydrogen-bond donors (Lipinski definition) is 1. The zero-order valence-electron chi connectivity index (χ0n) is 13.3. The third kappa shape index (κ3) is 3.62. The lowest BCUT2D eigenvalue weighted by Gasteiger charge is -2.17. The Bertz CT molecular complexity index is 715. The van der Waals surface area contributed by atoms with Crippen LogP contribution in [0.25, 0.3) is 0 Å². The predicted octanol–water partition coefficient (Wildman–Crippen LogP) is 2.93. The normalized spacial score (nSPS) is 13.7. The number of aromatic nitrogens is 1. The summed E-state index contributed by atoms with van der Waals surface area (Å²) in [5.74, 6) is 1.39. The highest BCUT2D eigenvalue weighted by Gasteiger charge is 2.17. The van der Waals surface area contributed by atoms with Crippen molar-refractivity contribution in [2.75, 3.05) is 6.79 Å². The average Bonchev–Trinajstić information content (AvgIpc) is 3.00. The molecule has 0 unspecified atom stereocenters. The molecule has 3 rings (SSSR count). The number of pyridine rings is 1. The molecule has 1 aliphatic heterocycles. The third-order valence-electron chi connectivity index (χ3n) is 3.84. The summed E-state index contributed by atoms with van der Waals surface area (Å²) in [5.41, 5.74) is 2.93. The Morgan fingerprint density at radius 1 is 1.26 bits per heavy atom. The van der Waals surface area contributed by atoms with Crippen LogP contribution >= 0.6 is 0 Å². The number of ether oxygens (including phenoxy) is 2. The fraction of sp³-hybridized carbons (Fsp3) is 0.333. The number of carbonyl (C=O) groups excluding carboxylic acids is 1. The van der Waals surface area contributed by atoms with E-state index in [1.54, 1.807) is 6.20 Å². The molecule has 2 aromatic rings. The second-order valence-corrected chi connectivity index (χ2v) is 5.65. The highest BCUT2D eigenvalue weighted by molar-refractivity contribution is 5.79. The number of fused-ring (bicyclic) bond motifs is 1. The highest BCUT2D eigenvalue weighted by Crippen LogP contribution is 2.32. The number of aryl methyl sites for hydroxylation is 1. The second-order valence-electron chi connectivity index (χ2n) is 5.65. The minimum absolute atomic E-state index is 0.0287. The minimum atomic E-state index is -0.0728. The molecule has 0 saturated heterocycles. The number of nitrogens with one attached hydrogen (secondary N) is 1. The fourth-order valence-corrected chi connectivity index (χ4v) is 2.62. The Balaban J connectivity index is 1.66. The van der Waals surface area contributed by atoms with Crippen molar-refractivity contribution < 1.29 is 14.3 Å². The van der Waals surface area contributed by atoms with Crippen LogP contribution in [0.4, 0.5) is 0 Å². The molecule has 1 amide bonds. The van der Waals surface area contributed by atoms with Gasteiger partial charge in [-0.3, -0.25) is 9.78 Å². The van der Waals surface area contributed by atoms with E-state index in [4.69, 9.17) is 9.47 Å². The van der Waals surface area contributed by atoms with Crippen LogP contribution in [-0.2, 0) is 11.2 Å². The Morgan fingerprint density at radius 3 is 2.87 bits per heavy atom. The van der Waals surface area contributed by atoms with Crippen LogP contribution in [-0.4, -0.2) is 17.7 Å². The molecule has 0 bridgehead atoms. The van der Waals surface area contributed by atoms with Gasteiger partial charge in [0.2, 0.25) is 12.7 Å². The maximum Gasteiger partial charge on any atom is 0.231 e. The van der Waals surface area contributed by atoms with Gasteiger partial charge in [0, 0.05) is 6.20 Å².